The molecule has 0 unspecified atom stereocenters. The van der Waals surface area contributed by atoms with E-state index in [1.807, 2.05) is 55.5 Å². The van der Waals surface area contributed by atoms with Crippen molar-refractivity contribution in [1.82, 2.24) is 15.3 Å². The summed E-state index contributed by atoms with van der Waals surface area (Å²) in [6.07, 6.45) is 0. The first kappa shape index (κ1) is 20.3. The summed E-state index contributed by atoms with van der Waals surface area (Å²) in [6, 6.07) is 17.0. The maximum absolute atomic E-state index is 12.6. The van der Waals surface area contributed by atoms with Gasteiger partial charge in [0, 0.05) is 25.3 Å². The predicted molar refractivity (Wildman–Crippen MR) is 113 cm³/mol. The van der Waals surface area contributed by atoms with Crippen molar-refractivity contribution in [3.05, 3.63) is 65.9 Å². The Morgan fingerprint density at radius 2 is 1.83 bits per heavy atom. The van der Waals surface area contributed by atoms with Crippen molar-refractivity contribution in [1.29, 1.82) is 0 Å². The number of carbonyl (C=O) groups is 1. The fourth-order valence-electron chi connectivity index (χ4n) is 2.76. The van der Waals surface area contributed by atoms with Crippen LogP contribution >= 0.6 is 0 Å². The average Bonchev–Trinajstić information content (AvgIpc) is 2.74. The van der Waals surface area contributed by atoms with Gasteiger partial charge in [0.2, 0.25) is 0 Å². The number of benzene rings is 2. The van der Waals surface area contributed by atoms with Crippen LogP contribution in [-0.4, -0.2) is 43.2 Å². The zero-order valence-electron chi connectivity index (χ0n) is 16.7. The second-order valence-electron chi connectivity index (χ2n) is 6.41. The van der Waals surface area contributed by atoms with E-state index < -0.39 is 0 Å². The first-order valence-corrected chi connectivity index (χ1v) is 9.24. The van der Waals surface area contributed by atoms with Crippen molar-refractivity contribution >= 4 is 17.4 Å². The molecule has 0 aliphatic carbocycles. The van der Waals surface area contributed by atoms with E-state index in [-0.39, 0.29) is 11.6 Å². The molecule has 1 amide bonds. The molecule has 0 bridgehead atoms. The second kappa shape index (κ2) is 9.66. The lowest BCUT2D eigenvalue weighted by atomic mass is 10.2. The number of ether oxygens (including phenoxy) is 2. The number of hydrogen-bond acceptors (Lipinski definition) is 6. The average molecular weight is 392 g/mol. The van der Waals surface area contributed by atoms with Gasteiger partial charge in [-0.3, -0.25) is 4.79 Å². The van der Waals surface area contributed by atoms with E-state index >= 15 is 0 Å². The van der Waals surface area contributed by atoms with Gasteiger partial charge in [-0.2, -0.15) is 0 Å². The SMILES string of the molecule is COCCNC(=O)c1cc(Nc2cc(C)ccc2OC)nc(-c2ccccc2)n1. The van der Waals surface area contributed by atoms with Crippen molar-refractivity contribution in [2.75, 3.05) is 32.7 Å². The number of anilines is 2. The molecule has 1 aromatic heterocycles. The molecule has 3 rings (SSSR count). The van der Waals surface area contributed by atoms with E-state index in [1.54, 1.807) is 20.3 Å². The fraction of sp³-hybridized carbons (Fsp3) is 0.227. The van der Waals surface area contributed by atoms with E-state index in [2.05, 4.69) is 20.6 Å². The zero-order chi connectivity index (χ0) is 20.6. The minimum atomic E-state index is -0.291. The summed E-state index contributed by atoms with van der Waals surface area (Å²) in [5.74, 6) is 1.35. The predicted octanol–water partition coefficient (Wildman–Crippen LogP) is 3.58. The Labute approximate surface area is 170 Å². The molecular formula is C22H24N4O3. The molecule has 0 radical (unpaired) electrons. The highest BCUT2D eigenvalue weighted by atomic mass is 16.5. The van der Waals surface area contributed by atoms with E-state index in [9.17, 15) is 4.79 Å². The molecule has 0 aliphatic rings. The summed E-state index contributed by atoms with van der Waals surface area (Å²) in [7, 11) is 3.20. The molecule has 2 aromatic carbocycles. The summed E-state index contributed by atoms with van der Waals surface area (Å²) in [5.41, 5.74) is 2.92. The van der Waals surface area contributed by atoms with Gasteiger partial charge in [0.25, 0.3) is 5.91 Å². The standard InChI is InChI=1S/C22H24N4O3/c1-15-9-10-19(29-3)17(13-15)24-20-14-18(22(27)23-11-12-28-2)25-21(26-20)16-7-5-4-6-8-16/h4-10,13-14H,11-12H2,1-3H3,(H,23,27)(H,24,25,26). The van der Waals surface area contributed by atoms with Gasteiger partial charge in [-0.1, -0.05) is 36.4 Å². The number of hydrogen-bond donors (Lipinski definition) is 2. The van der Waals surface area contributed by atoms with Crippen molar-refractivity contribution in [3.63, 3.8) is 0 Å². The Morgan fingerprint density at radius 3 is 2.55 bits per heavy atom. The maximum Gasteiger partial charge on any atom is 0.270 e. The molecule has 29 heavy (non-hydrogen) atoms. The molecule has 3 aromatic rings. The van der Waals surface area contributed by atoms with Crippen molar-refractivity contribution in [2.45, 2.75) is 6.92 Å². The lowest BCUT2D eigenvalue weighted by molar-refractivity contribution is 0.0932. The van der Waals surface area contributed by atoms with Crippen LogP contribution in [0.1, 0.15) is 16.1 Å². The normalized spacial score (nSPS) is 10.4. The third-order valence-corrected chi connectivity index (χ3v) is 4.20. The number of rotatable bonds is 8. The van der Waals surface area contributed by atoms with E-state index in [0.29, 0.717) is 30.5 Å². The lowest BCUT2D eigenvalue weighted by Gasteiger charge is -2.13. The quantitative estimate of drug-likeness (QED) is 0.570. The third kappa shape index (κ3) is 5.30. The summed E-state index contributed by atoms with van der Waals surface area (Å²) in [5, 5.41) is 6.05. The van der Waals surface area contributed by atoms with Crippen LogP contribution < -0.4 is 15.4 Å². The van der Waals surface area contributed by atoms with Gasteiger partial charge >= 0.3 is 0 Å². The van der Waals surface area contributed by atoms with Crippen LogP contribution in [0.4, 0.5) is 11.5 Å². The zero-order valence-corrected chi connectivity index (χ0v) is 16.7. The number of amides is 1. The van der Waals surface area contributed by atoms with Crippen LogP contribution in [0.5, 0.6) is 5.75 Å². The number of methoxy groups -OCH3 is 2. The number of aromatic nitrogens is 2. The van der Waals surface area contributed by atoms with Gasteiger partial charge in [0.1, 0.15) is 17.3 Å². The molecule has 7 heteroatoms. The van der Waals surface area contributed by atoms with Gasteiger partial charge in [-0.15, -0.1) is 0 Å². The van der Waals surface area contributed by atoms with Crippen LogP contribution in [0.3, 0.4) is 0 Å². The van der Waals surface area contributed by atoms with Gasteiger partial charge in [-0.05, 0) is 24.6 Å². The summed E-state index contributed by atoms with van der Waals surface area (Å²) in [6.45, 7) is 2.82. The number of aryl methyl sites for hydroxylation is 1. The van der Waals surface area contributed by atoms with Crippen LogP contribution in [0.25, 0.3) is 11.4 Å². The summed E-state index contributed by atoms with van der Waals surface area (Å²) < 4.78 is 10.4. The van der Waals surface area contributed by atoms with Gasteiger partial charge in [-0.25, -0.2) is 9.97 Å². The number of nitrogens with zero attached hydrogens (tertiary/aromatic N) is 2. The highest BCUT2D eigenvalue weighted by Gasteiger charge is 2.14. The Hall–Kier alpha value is -3.45. The minimum Gasteiger partial charge on any atom is -0.495 e. The highest BCUT2D eigenvalue weighted by molar-refractivity contribution is 5.93. The van der Waals surface area contributed by atoms with E-state index in [4.69, 9.17) is 9.47 Å². The van der Waals surface area contributed by atoms with E-state index in [0.717, 1.165) is 16.8 Å². The molecule has 0 aliphatic heterocycles. The highest BCUT2D eigenvalue weighted by Crippen LogP contribution is 2.29. The van der Waals surface area contributed by atoms with Gasteiger partial charge < -0.3 is 20.1 Å². The third-order valence-electron chi connectivity index (χ3n) is 4.20. The first-order chi connectivity index (χ1) is 14.1. The molecule has 0 fully saturated rings. The monoisotopic (exact) mass is 392 g/mol. The van der Waals surface area contributed by atoms with Crippen molar-refractivity contribution in [2.24, 2.45) is 0 Å². The Balaban J connectivity index is 1.98. The van der Waals surface area contributed by atoms with Crippen molar-refractivity contribution < 1.29 is 14.3 Å². The number of nitrogens with one attached hydrogen (secondary N) is 2. The lowest BCUT2D eigenvalue weighted by Crippen LogP contribution is -2.28. The smallest absolute Gasteiger partial charge is 0.270 e. The largest absolute Gasteiger partial charge is 0.495 e. The molecule has 0 spiro atoms. The van der Waals surface area contributed by atoms with Crippen LogP contribution in [0.2, 0.25) is 0 Å². The molecule has 0 saturated heterocycles. The maximum atomic E-state index is 12.6. The van der Waals surface area contributed by atoms with Crippen molar-refractivity contribution in [3.8, 4) is 17.1 Å². The number of carbonyl (C=O) groups excluding carboxylic acids is 1. The van der Waals surface area contributed by atoms with Crippen LogP contribution in [-0.2, 0) is 4.74 Å². The minimum absolute atomic E-state index is 0.268. The fourth-order valence-corrected chi connectivity index (χ4v) is 2.76. The Kier molecular flexibility index (Phi) is 6.76. The van der Waals surface area contributed by atoms with Crippen LogP contribution in [0.15, 0.2) is 54.6 Å². The molecule has 150 valence electrons. The first-order valence-electron chi connectivity index (χ1n) is 9.24. The molecule has 7 nitrogen and oxygen atoms in total. The second-order valence-corrected chi connectivity index (χ2v) is 6.41. The Bertz CT molecular complexity index is 977. The van der Waals surface area contributed by atoms with Gasteiger partial charge in [0.05, 0.1) is 19.4 Å². The summed E-state index contributed by atoms with van der Waals surface area (Å²) in [4.78, 5) is 21.6. The molecule has 2 N–H and O–H groups in total. The van der Waals surface area contributed by atoms with Crippen LogP contribution in [0, 0.1) is 6.92 Å². The molecule has 0 atom stereocenters. The molecular weight excluding hydrogens is 368 g/mol. The topological polar surface area (TPSA) is 85.4 Å². The Morgan fingerprint density at radius 1 is 1.03 bits per heavy atom. The van der Waals surface area contributed by atoms with E-state index in [1.165, 1.54) is 0 Å². The molecule has 1 heterocycles. The molecule has 0 saturated carbocycles. The summed E-state index contributed by atoms with van der Waals surface area (Å²) >= 11 is 0. The van der Waals surface area contributed by atoms with Gasteiger partial charge in [0.15, 0.2) is 5.82 Å².